The first-order valence-corrected chi connectivity index (χ1v) is 9.13. The molecule has 2 fully saturated rings. The first-order chi connectivity index (χ1) is 11.9. The van der Waals surface area contributed by atoms with Crippen molar-refractivity contribution in [3.63, 3.8) is 0 Å². The van der Waals surface area contributed by atoms with E-state index < -0.39 is 5.60 Å². The molecular weight excluding hydrogens is 318 g/mol. The van der Waals surface area contributed by atoms with Gasteiger partial charge in [0.2, 0.25) is 5.95 Å². The number of ether oxygens (including phenoxy) is 1. The fourth-order valence-corrected chi connectivity index (χ4v) is 3.42. The van der Waals surface area contributed by atoms with E-state index in [1.54, 1.807) is 12.4 Å². The Morgan fingerprint density at radius 1 is 1.16 bits per heavy atom. The summed E-state index contributed by atoms with van der Waals surface area (Å²) in [5, 5.41) is 0. The molecule has 3 rings (SSSR count). The van der Waals surface area contributed by atoms with Gasteiger partial charge in [0.05, 0.1) is 0 Å². The number of nitrogens with zero attached hydrogens (tertiary/aromatic N) is 5. The zero-order valence-electron chi connectivity index (χ0n) is 15.5. The monoisotopic (exact) mass is 347 g/mol. The van der Waals surface area contributed by atoms with Crippen molar-refractivity contribution in [2.24, 2.45) is 5.92 Å². The van der Waals surface area contributed by atoms with Gasteiger partial charge in [-0.15, -0.1) is 0 Å². The minimum Gasteiger partial charge on any atom is -0.444 e. The predicted octanol–water partition coefficient (Wildman–Crippen LogP) is 1.86. The summed E-state index contributed by atoms with van der Waals surface area (Å²) in [5.74, 6) is 1.35. The molecule has 7 nitrogen and oxygen atoms in total. The molecule has 1 amide bonds. The van der Waals surface area contributed by atoms with Crippen molar-refractivity contribution < 1.29 is 9.53 Å². The molecule has 0 radical (unpaired) electrons. The number of piperazine rings is 1. The normalized spacial score (nSPS) is 22.3. The van der Waals surface area contributed by atoms with Gasteiger partial charge in [-0.3, -0.25) is 4.90 Å². The summed E-state index contributed by atoms with van der Waals surface area (Å²) in [6, 6.07) is 1.84. The van der Waals surface area contributed by atoms with Crippen LogP contribution in [0.25, 0.3) is 0 Å². The predicted molar refractivity (Wildman–Crippen MR) is 96.6 cm³/mol. The Morgan fingerprint density at radius 2 is 1.84 bits per heavy atom. The zero-order chi connectivity index (χ0) is 17.9. The average Bonchev–Trinajstić information content (AvgIpc) is 3.04. The number of likely N-dealkylation sites (tertiary alicyclic amines) is 1. The van der Waals surface area contributed by atoms with Crippen molar-refractivity contribution in [1.82, 2.24) is 19.8 Å². The van der Waals surface area contributed by atoms with E-state index in [1.165, 1.54) is 0 Å². The van der Waals surface area contributed by atoms with Gasteiger partial charge in [-0.25, -0.2) is 14.8 Å². The molecule has 0 bridgehead atoms. The molecule has 7 heteroatoms. The molecule has 138 valence electrons. The zero-order valence-corrected chi connectivity index (χ0v) is 15.5. The highest BCUT2D eigenvalue weighted by molar-refractivity contribution is 5.68. The van der Waals surface area contributed by atoms with Crippen LogP contribution < -0.4 is 4.90 Å². The van der Waals surface area contributed by atoms with Gasteiger partial charge >= 0.3 is 6.09 Å². The lowest BCUT2D eigenvalue weighted by atomic mass is 10.1. The van der Waals surface area contributed by atoms with Crippen LogP contribution in [0.2, 0.25) is 0 Å². The van der Waals surface area contributed by atoms with E-state index in [0.717, 1.165) is 58.2 Å². The van der Waals surface area contributed by atoms with E-state index in [0.29, 0.717) is 5.92 Å². The van der Waals surface area contributed by atoms with Crippen LogP contribution in [-0.2, 0) is 4.74 Å². The lowest BCUT2D eigenvalue weighted by Crippen LogP contribution is -2.48. The van der Waals surface area contributed by atoms with Crippen molar-refractivity contribution in [2.75, 3.05) is 50.7 Å². The second-order valence-corrected chi connectivity index (χ2v) is 7.92. The van der Waals surface area contributed by atoms with E-state index >= 15 is 0 Å². The first-order valence-electron chi connectivity index (χ1n) is 9.13. The number of carbonyl (C=O) groups excluding carboxylic acids is 1. The number of aromatic nitrogens is 2. The second kappa shape index (κ2) is 7.56. The third-order valence-corrected chi connectivity index (χ3v) is 4.66. The van der Waals surface area contributed by atoms with Crippen molar-refractivity contribution >= 4 is 12.0 Å². The van der Waals surface area contributed by atoms with Crippen LogP contribution in [0.5, 0.6) is 0 Å². The van der Waals surface area contributed by atoms with Gasteiger partial charge in [0, 0.05) is 58.2 Å². The minimum atomic E-state index is -0.426. The topological polar surface area (TPSA) is 61.8 Å². The number of anilines is 1. The maximum atomic E-state index is 12.2. The number of carbonyl (C=O) groups is 1. The molecule has 0 saturated carbocycles. The third kappa shape index (κ3) is 5.04. The number of hydrogen-bond acceptors (Lipinski definition) is 6. The fourth-order valence-electron chi connectivity index (χ4n) is 3.42. The molecule has 0 aromatic carbocycles. The van der Waals surface area contributed by atoms with Crippen LogP contribution in [0.1, 0.15) is 27.2 Å². The molecule has 0 aliphatic carbocycles. The van der Waals surface area contributed by atoms with E-state index in [9.17, 15) is 4.79 Å². The third-order valence-electron chi connectivity index (χ3n) is 4.66. The minimum absolute atomic E-state index is 0.180. The molecule has 2 aliphatic rings. The lowest BCUT2D eigenvalue weighted by Gasteiger charge is -2.35. The smallest absolute Gasteiger partial charge is 0.410 e. The van der Waals surface area contributed by atoms with Gasteiger partial charge in [0.1, 0.15) is 5.60 Å². The Bertz CT molecular complexity index is 567. The van der Waals surface area contributed by atoms with Crippen LogP contribution in [0.3, 0.4) is 0 Å². The Balaban J connectivity index is 1.42. The first kappa shape index (κ1) is 17.9. The molecule has 1 atom stereocenters. The van der Waals surface area contributed by atoms with Gasteiger partial charge < -0.3 is 14.5 Å². The van der Waals surface area contributed by atoms with Crippen molar-refractivity contribution in [2.45, 2.75) is 32.8 Å². The summed E-state index contributed by atoms with van der Waals surface area (Å²) >= 11 is 0. The maximum absolute atomic E-state index is 12.2. The number of hydrogen-bond donors (Lipinski definition) is 0. The van der Waals surface area contributed by atoms with E-state index in [1.807, 2.05) is 31.7 Å². The molecule has 0 N–H and O–H groups in total. The highest BCUT2D eigenvalue weighted by Crippen LogP contribution is 2.21. The number of rotatable bonds is 3. The van der Waals surface area contributed by atoms with Crippen LogP contribution in [-0.4, -0.2) is 77.3 Å². The molecule has 1 aromatic rings. The fraction of sp³-hybridized carbons (Fsp3) is 0.722. The highest BCUT2D eigenvalue weighted by atomic mass is 16.6. The Labute approximate surface area is 150 Å². The lowest BCUT2D eigenvalue weighted by molar-refractivity contribution is 0.0285. The molecule has 0 spiro atoms. The number of amides is 1. The SMILES string of the molecule is CC(C)(C)OC(=O)N1CCC(CN2CCN(c3ncccn3)CC2)C1. The second-order valence-electron chi connectivity index (χ2n) is 7.92. The van der Waals surface area contributed by atoms with E-state index in [-0.39, 0.29) is 6.09 Å². The largest absolute Gasteiger partial charge is 0.444 e. The summed E-state index contributed by atoms with van der Waals surface area (Å²) in [4.78, 5) is 27.4. The molecular formula is C18H29N5O2. The summed E-state index contributed by atoms with van der Waals surface area (Å²) in [5.41, 5.74) is -0.426. The molecule has 2 saturated heterocycles. The maximum Gasteiger partial charge on any atom is 0.410 e. The molecule has 25 heavy (non-hydrogen) atoms. The van der Waals surface area contributed by atoms with E-state index in [4.69, 9.17) is 4.74 Å². The highest BCUT2D eigenvalue weighted by Gasteiger charge is 2.31. The quantitative estimate of drug-likeness (QED) is 0.832. The summed E-state index contributed by atoms with van der Waals surface area (Å²) in [7, 11) is 0. The van der Waals surface area contributed by atoms with Gasteiger partial charge in [-0.1, -0.05) is 0 Å². The molecule has 1 aromatic heterocycles. The van der Waals surface area contributed by atoms with Crippen LogP contribution in [0.4, 0.5) is 10.7 Å². The summed E-state index contributed by atoms with van der Waals surface area (Å²) in [6.07, 6.45) is 4.46. The van der Waals surface area contributed by atoms with Crippen LogP contribution >= 0.6 is 0 Å². The standard InChI is InChI=1S/C18H29N5O2/c1-18(2,3)25-17(24)23-8-5-15(14-23)13-21-9-11-22(12-10-21)16-19-6-4-7-20-16/h4,6-7,15H,5,8-14H2,1-3H3. The summed E-state index contributed by atoms with van der Waals surface area (Å²) < 4.78 is 5.48. The Morgan fingerprint density at radius 3 is 2.48 bits per heavy atom. The summed E-state index contributed by atoms with van der Waals surface area (Å²) in [6.45, 7) is 12.3. The Kier molecular flexibility index (Phi) is 5.42. The van der Waals surface area contributed by atoms with Crippen molar-refractivity contribution in [3.05, 3.63) is 18.5 Å². The van der Waals surface area contributed by atoms with Crippen LogP contribution in [0.15, 0.2) is 18.5 Å². The van der Waals surface area contributed by atoms with Gasteiger partial charge in [-0.05, 0) is 39.2 Å². The van der Waals surface area contributed by atoms with E-state index in [2.05, 4.69) is 19.8 Å². The van der Waals surface area contributed by atoms with Crippen LogP contribution in [0, 0.1) is 5.92 Å². The van der Waals surface area contributed by atoms with Crippen molar-refractivity contribution in [1.29, 1.82) is 0 Å². The van der Waals surface area contributed by atoms with Crippen molar-refractivity contribution in [3.8, 4) is 0 Å². The molecule has 3 heterocycles. The Hall–Kier alpha value is -1.89. The average molecular weight is 347 g/mol. The van der Waals surface area contributed by atoms with Gasteiger partial charge in [0.15, 0.2) is 0 Å². The van der Waals surface area contributed by atoms with Gasteiger partial charge in [-0.2, -0.15) is 0 Å². The molecule has 1 unspecified atom stereocenters. The van der Waals surface area contributed by atoms with Gasteiger partial charge in [0.25, 0.3) is 0 Å². The molecule has 2 aliphatic heterocycles.